The normalized spacial score (nSPS) is 11.4. The van der Waals surface area contributed by atoms with Crippen molar-refractivity contribution in [2.45, 2.75) is 6.92 Å². The van der Waals surface area contributed by atoms with Crippen LogP contribution in [0.4, 0.5) is 5.69 Å². The van der Waals surface area contributed by atoms with Crippen LogP contribution >= 0.6 is 0 Å². The molecular weight excluding hydrogens is 220 g/mol. The van der Waals surface area contributed by atoms with Crippen LogP contribution < -0.4 is 11.1 Å². The number of nitrogens with one attached hydrogen (secondary N) is 2. The van der Waals surface area contributed by atoms with Crippen molar-refractivity contribution >= 4 is 17.9 Å². The number of carbonyl (C=O) groups is 1. The Morgan fingerprint density at radius 2 is 2.47 bits per heavy atom. The highest BCUT2D eigenvalue weighted by atomic mass is 16.5. The highest BCUT2D eigenvalue weighted by molar-refractivity contribution is 6.09. The summed E-state index contributed by atoms with van der Waals surface area (Å²) in [5.41, 5.74) is 6.30. The van der Waals surface area contributed by atoms with Gasteiger partial charge in [0.15, 0.2) is 0 Å². The summed E-state index contributed by atoms with van der Waals surface area (Å²) in [5, 5.41) is 9.92. The molecule has 1 rings (SSSR count). The number of pyridine rings is 1. The number of aromatic nitrogens is 1. The molecule has 1 aromatic rings. The number of hydrogen-bond donors (Lipinski definition) is 3. The predicted octanol–water partition coefficient (Wildman–Crippen LogP) is 0.876. The molecule has 0 fully saturated rings. The molecule has 0 bridgehead atoms. The molecule has 0 aliphatic rings. The van der Waals surface area contributed by atoms with Gasteiger partial charge in [0.2, 0.25) is 0 Å². The minimum Gasteiger partial charge on any atom is -0.462 e. The highest BCUT2D eigenvalue weighted by Crippen LogP contribution is 2.07. The standard InChI is InChI=1S/C11H14N4O2/c1-2-17-11(16)9(6-12)10(13)15-8-4-3-5-14-7-8/h3-7,12,15H,2,13H2,1H3/b10-9+,12-6?. The second-order valence-electron chi connectivity index (χ2n) is 3.06. The van der Waals surface area contributed by atoms with Crippen molar-refractivity contribution in [3.05, 3.63) is 35.9 Å². The number of nitrogens with zero attached hydrogens (tertiary/aromatic N) is 1. The number of nitrogens with two attached hydrogens (primary N) is 1. The van der Waals surface area contributed by atoms with Gasteiger partial charge in [-0.3, -0.25) is 4.98 Å². The van der Waals surface area contributed by atoms with Crippen molar-refractivity contribution in [1.82, 2.24) is 4.98 Å². The number of rotatable bonds is 5. The van der Waals surface area contributed by atoms with E-state index in [9.17, 15) is 4.79 Å². The lowest BCUT2D eigenvalue weighted by Crippen LogP contribution is -2.20. The molecular formula is C11H14N4O2. The lowest BCUT2D eigenvalue weighted by molar-refractivity contribution is -0.137. The maximum atomic E-state index is 11.4. The van der Waals surface area contributed by atoms with E-state index in [4.69, 9.17) is 15.9 Å². The molecule has 0 saturated heterocycles. The van der Waals surface area contributed by atoms with Crippen LogP contribution in [0.1, 0.15) is 6.92 Å². The van der Waals surface area contributed by atoms with E-state index in [1.165, 1.54) is 0 Å². The van der Waals surface area contributed by atoms with Gasteiger partial charge in [0.1, 0.15) is 11.4 Å². The molecule has 0 amide bonds. The summed E-state index contributed by atoms with van der Waals surface area (Å²) in [7, 11) is 0. The summed E-state index contributed by atoms with van der Waals surface area (Å²) in [5.74, 6) is -0.567. The van der Waals surface area contributed by atoms with Crippen LogP contribution in [0.3, 0.4) is 0 Å². The van der Waals surface area contributed by atoms with Gasteiger partial charge in [-0.15, -0.1) is 0 Å². The summed E-state index contributed by atoms with van der Waals surface area (Å²) >= 11 is 0. The molecule has 1 heterocycles. The van der Waals surface area contributed by atoms with Crippen molar-refractivity contribution in [2.24, 2.45) is 5.73 Å². The van der Waals surface area contributed by atoms with E-state index in [1.807, 2.05) is 0 Å². The number of anilines is 1. The van der Waals surface area contributed by atoms with E-state index in [2.05, 4.69) is 10.3 Å². The molecule has 0 unspecified atom stereocenters. The first kappa shape index (κ1) is 12.7. The van der Waals surface area contributed by atoms with Crippen molar-refractivity contribution in [2.75, 3.05) is 11.9 Å². The Bertz CT molecular complexity index is 428. The molecule has 6 heteroatoms. The number of esters is 1. The molecule has 0 aliphatic heterocycles. The molecule has 0 spiro atoms. The van der Waals surface area contributed by atoms with Gasteiger partial charge in [0.25, 0.3) is 0 Å². The Balaban J connectivity index is 2.86. The second-order valence-corrected chi connectivity index (χ2v) is 3.06. The smallest absolute Gasteiger partial charge is 0.343 e. The first-order chi connectivity index (χ1) is 8.19. The fraction of sp³-hybridized carbons (Fsp3) is 0.182. The molecule has 90 valence electrons. The van der Waals surface area contributed by atoms with Gasteiger partial charge < -0.3 is 21.2 Å². The maximum Gasteiger partial charge on any atom is 0.343 e. The van der Waals surface area contributed by atoms with Gasteiger partial charge in [0, 0.05) is 12.4 Å². The molecule has 0 radical (unpaired) electrons. The zero-order valence-corrected chi connectivity index (χ0v) is 9.43. The van der Waals surface area contributed by atoms with Crippen LogP contribution in [0.5, 0.6) is 0 Å². The van der Waals surface area contributed by atoms with E-state index in [-0.39, 0.29) is 18.0 Å². The summed E-state index contributed by atoms with van der Waals surface area (Å²) in [6, 6.07) is 3.47. The quantitative estimate of drug-likeness (QED) is 0.399. The predicted molar refractivity (Wildman–Crippen MR) is 64.5 cm³/mol. The highest BCUT2D eigenvalue weighted by Gasteiger charge is 2.12. The topological polar surface area (TPSA) is 101 Å². The third-order valence-corrected chi connectivity index (χ3v) is 1.87. The molecule has 6 nitrogen and oxygen atoms in total. The van der Waals surface area contributed by atoms with Gasteiger partial charge in [-0.25, -0.2) is 4.79 Å². The third-order valence-electron chi connectivity index (χ3n) is 1.87. The van der Waals surface area contributed by atoms with E-state index < -0.39 is 5.97 Å². The first-order valence-corrected chi connectivity index (χ1v) is 5.03. The SMILES string of the molecule is CCOC(=O)/C(C=N)=C(\N)Nc1cccnc1. The molecule has 0 aliphatic carbocycles. The lowest BCUT2D eigenvalue weighted by atomic mass is 10.3. The zero-order valence-electron chi connectivity index (χ0n) is 9.43. The minimum atomic E-state index is -0.628. The van der Waals surface area contributed by atoms with Gasteiger partial charge in [-0.2, -0.15) is 0 Å². The maximum absolute atomic E-state index is 11.4. The number of ether oxygens (including phenoxy) is 1. The van der Waals surface area contributed by atoms with Gasteiger partial charge in [-0.05, 0) is 19.1 Å². The van der Waals surface area contributed by atoms with Gasteiger partial charge >= 0.3 is 5.97 Å². The average molecular weight is 234 g/mol. The monoisotopic (exact) mass is 234 g/mol. The number of hydrogen-bond acceptors (Lipinski definition) is 6. The third kappa shape index (κ3) is 3.60. The van der Waals surface area contributed by atoms with Gasteiger partial charge in [-0.1, -0.05) is 0 Å². The molecule has 0 saturated carbocycles. The summed E-state index contributed by atoms with van der Waals surface area (Å²) in [4.78, 5) is 15.3. The molecule has 17 heavy (non-hydrogen) atoms. The Labute approximate surface area is 99.0 Å². The number of carbonyl (C=O) groups excluding carboxylic acids is 1. The summed E-state index contributed by atoms with van der Waals surface area (Å²) < 4.78 is 4.77. The Morgan fingerprint density at radius 1 is 1.71 bits per heavy atom. The Kier molecular flexibility index (Phi) is 4.68. The van der Waals surface area contributed by atoms with Crippen LogP contribution in [0.2, 0.25) is 0 Å². The first-order valence-electron chi connectivity index (χ1n) is 5.03. The molecule has 4 N–H and O–H groups in total. The molecule has 0 atom stereocenters. The van der Waals surface area contributed by atoms with E-state index >= 15 is 0 Å². The zero-order chi connectivity index (χ0) is 12.7. The Morgan fingerprint density at radius 3 is 3.00 bits per heavy atom. The van der Waals surface area contributed by atoms with Gasteiger partial charge in [0.05, 0.1) is 18.5 Å². The van der Waals surface area contributed by atoms with Crippen LogP contribution in [0, 0.1) is 5.41 Å². The Hall–Kier alpha value is -2.37. The average Bonchev–Trinajstić information content (AvgIpc) is 2.31. The molecule has 1 aromatic heterocycles. The fourth-order valence-electron chi connectivity index (χ4n) is 1.12. The summed E-state index contributed by atoms with van der Waals surface area (Å²) in [6.07, 6.45) is 4.03. The fourth-order valence-corrected chi connectivity index (χ4v) is 1.12. The van der Waals surface area contributed by atoms with Crippen molar-refractivity contribution < 1.29 is 9.53 Å². The largest absolute Gasteiger partial charge is 0.462 e. The lowest BCUT2D eigenvalue weighted by Gasteiger charge is -2.09. The second kappa shape index (κ2) is 6.26. The van der Waals surface area contributed by atoms with E-state index in [0.29, 0.717) is 5.69 Å². The van der Waals surface area contributed by atoms with Crippen LogP contribution in [-0.4, -0.2) is 23.8 Å². The van der Waals surface area contributed by atoms with E-state index in [1.54, 1.807) is 31.5 Å². The van der Waals surface area contributed by atoms with E-state index in [0.717, 1.165) is 6.21 Å². The minimum absolute atomic E-state index is 0.0179. The van der Waals surface area contributed by atoms with Crippen molar-refractivity contribution in [3.8, 4) is 0 Å². The molecule has 0 aromatic carbocycles. The van der Waals surface area contributed by atoms with Crippen LogP contribution in [-0.2, 0) is 9.53 Å². The van der Waals surface area contributed by atoms with Crippen molar-refractivity contribution in [3.63, 3.8) is 0 Å². The van der Waals surface area contributed by atoms with Crippen molar-refractivity contribution in [1.29, 1.82) is 5.41 Å². The van der Waals surface area contributed by atoms with Crippen LogP contribution in [0.25, 0.3) is 0 Å². The van der Waals surface area contributed by atoms with Crippen LogP contribution in [0.15, 0.2) is 35.9 Å². The summed E-state index contributed by atoms with van der Waals surface area (Å²) in [6.45, 7) is 1.92.